The Morgan fingerprint density at radius 2 is 2.30 bits per heavy atom. The van der Waals surface area contributed by atoms with E-state index in [-0.39, 0.29) is 12.0 Å². The molecule has 2 heterocycles. The van der Waals surface area contributed by atoms with Gasteiger partial charge in [0.05, 0.1) is 11.7 Å². The van der Waals surface area contributed by atoms with Crippen LogP contribution in [-0.4, -0.2) is 52.4 Å². The molecule has 0 aromatic carbocycles. The van der Waals surface area contributed by atoms with Crippen LogP contribution in [0.1, 0.15) is 17.3 Å². The zero-order valence-electron chi connectivity index (χ0n) is 11.9. The first-order valence-electron chi connectivity index (χ1n) is 6.36. The van der Waals surface area contributed by atoms with Crippen molar-refractivity contribution in [3.05, 3.63) is 42.4 Å². The lowest BCUT2D eigenvalue weighted by Gasteiger charge is -2.20. The van der Waals surface area contributed by atoms with Crippen molar-refractivity contribution in [2.75, 3.05) is 20.7 Å². The SMILES string of the molecule is CO[C@H](C)CN(C)C(=O)c1ccc(-n2cccn2)nc1. The molecule has 6 heteroatoms. The fourth-order valence-corrected chi connectivity index (χ4v) is 1.82. The van der Waals surface area contributed by atoms with Crippen molar-refractivity contribution in [3.8, 4) is 5.82 Å². The van der Waals surface area contributed by atoms with Gasteiger partial charge in [-0.1, -0.05) is 0 Å². The Kier molecular flexibility index (Phi) is 4.47. The lowest BCUT2D eigenvalue weighted by molar-refractivity contribution is 0.0599. The van der Waals surface area contributed by atoms with Gasteiger partial charge in [-0.2, -0.15) is 5.10 Å². The van der Waals surface area contributed by atoms with Gasteiger partial charge in [0, 0.05) is 39.3 Å². The molecule has 1 atom stereocenters. The van der Waals surface area contributed by atoms with Crippen LogP contribution in [0.25, 0.3) is 5.82 Å². The van der Waals surface area contributed by atoms with E-state index in [0.717, 1.165) is 0 Å². The molecule has 0 spiro atoms. The summed E-state index contributed by atoms with van der Waals surface area (Å²) >= 11 is 0. The van der Waals surface area contributed by atoms with Crippen LogP contribution in [0.2, 0.25) is 0 Å². The summed E-state index contributed by atoms with van der Waals surface area (Å²) in [4.78, 5) is 18.1. The van der Waals surface area contributed by atoms with Crippen molar-refractivity contribution < 1.29 is 9.53 Å². The molecular weight excluding hydrogens is 256 g/mol. The second-order valence-electron chi connectivity index (χ2n) is 4.59. The molecule has 0 bridgehead atoms. The molecular formula is C14H18N4O2. The minimum atomic E-state index is -0.0755. The van der Waals surface area contributed by atoms with Crippen molar-refractivity contribution in [2.45, 2.75) is 13.0 Å². The minimum absolute atomic E-state index is 0.000238. The molecule has 0 aliphatic carbocycles. The number of carbonyl (C=O) groups is 1. The number of aromatic nitrogens is 3. The summed E-state index contributed by atoms with van der Waals surface area (Å²) in [7, 11) is 3.38. The van der Waals surface area contributed by atoms with Crippen molar-refractivity contribution in [3.63, 3.8) is 0 Å². The molecule has 2 aromatic heterocycles. The van der Waals surface area contributed by atoms with Crippen LogP contribution in [0.5, 0.6) is 0 Å². The number of rotatable bonds is 5. The summed E-state index contributed by atoms with van der Waals surface area (Å²) in [5, 5.41) is 4.09. The predicted molar refractivity (Wildman–Crippen MR) is 74.8 cm³/mol. The van der Waals surface area contributed by atoms with Gasteiger partial charge in [-0.15, -0.1) is 0 Å². The van der Waals surface area contributed by atoms with Gasteiger partial charge < -0.3 is 9.64 Å². The van der Waals surface area contributed by atoms with E-state index in [1.165, 1.54) is 0 Å². The molecule has 2 aromatic rings. The van der Waals surface area contributed by atoms with Gasteiger partial charge in [0.2, 0.25) is 0 Å². The summed E-state index contributed by atoms with van der Waals surface area (Å²) in [6, 6.07) is 5.34. The summed E-state index contributed by atoms with van der Waals surface area (Å²) in [6.45, 7) is 2.46. The summed E-state index contributed by atoms with van der Waals surface area (Å²) in [6.07, 6.45) is 5.05. The zero-order valence-corrected chi connectivity index (χ0v) is 11.9. The molecule has 0 saturated heterocycles. The summed E-state index contributed by atoms with van der Waals surface area (Å²) in [5.74, 6) is 0.605. The molecule has 106 valence electrons. The average Bonchev–Trinajstić information content (AvgIpc) is 3.00. The molecule has 0 radical (unpaired) electrons. The van der Waals surface area contributed by atoms with Gasteiger partial charge in [0.25, 0.3) is 5.91 Å². The van der Waals surface area contributed by atoms with E-state index >= 15 is 0 Å². The Hall–Kier alpha value is -2.21. The highest BCUT2D eigenvalue weighted by molar-refractivity contribution is 5.93. The third kappa shape index (κ3) is 3.21. The number of pyridine rings is 1. The van der Waals surface area contributed by atoms with Crippen LogP contribution in [0, 0.1) is 0 Å². The maximum Gasteiger partial charge on any atom is 0.255 e. The number of carbonyl (C=O) groups excluding carboxylic acids is 1. The summed E-state index contributed by atoms with van der Waals surface area (Å²) < 4.78 is 6.80. The van der Waals surface area contributed by atoms with Crippen molar-refractivity contribution in [1.29, 1.82) is 0 Å². The van der Waals surface area contributed by atoms with Gasteiger partial charge in [0.1, 0.15) is 0 Å². The van der Waals surface area contributed by atoms with E-state index in [4.69, 9.17) is 4.74 Å². The zero-order chi connectivity index (χ0) is 14.5. The first-order chi connectivity index (χ1) is 9.61. The second-order valence-corrected chi connectivity index (χ2v) is 4.59. The van der Waals surface area contributed by atoms with Crippen molar-refractivity contribution in [2.24, 2.45) is 0 Å². The van der Waals surface area contributed by atoms with E-state index in [1.807, 2.05) is 13.0 Å². The molecule has 6 nitrogen and oxygen atoms in total. The monoisotopic (exact) mass is 274 g/mol. The second kappa shape index (κ2) is 6.29. The Labute approximate surface area is 118 Å². The lowest BCUT2D eigenvalue weighted by atomic mass is 10.2. The fourth-order valence-electron chi connectivity index (χ4n) is 1.82. The van der Waals surface area contributed by atoms with Crippen molar-refractivity contribution >= 4 is 5.91 Å². The average molecular weight is 274 g/mol. The predicted octanol–water partition coefficient (Wildman–Crippen LogP) is 1.37. The van der Waals surface area contributed by atoms with Gasteiger partial charge >= 0.3 is 0 Å². The minimum Gasteiger partial charge on any atom is -0.380 e. The van der Waals surface area contributed by atoms with Crippen LogP contribution in [0.15, 0.2) is 36.8 Å². The molecule has 0 fully saturated rings. The number of hydrogen-bond donors (Lipinski definition) is 0. The standard InChI is InChI=1S/C14H18N4O2/c1-11(20-3)10-17(2)14(19)12-5-6-13(15-9-12)18-8-4-7-16-18/h4-9,11H,10H2,1-3H3/t11-/m1/s1. The van der Waals surface area contributed by atoms with Crippen LogP contribution in [0.4, 0.5) is 0 Å². The number of ether oxygens (including phenoxy) is 1. The maximum atomic E-state index is 12.2. The first kappa shape index (κ1) is 14.2. The highest BCUT2D eigenvalue weighted by atomic mass is 16.5. The number of likely N-dealkylation sites (N-methyl/N-ethyl adjacent to an activating group) is 1. The quantitative estimate of drug-likeness (QED) is 0.826. The van der Waals surface area contributed by atoms with E-state index < -0.39 is 0 Å². The van der Waals surface area contributed by atoms with Crippen LogP contribution < -0.4 is 0 Å². The highest BCUT2D eigenvalue weighted by Crippen LogP contribution is 2.07. The van der Waals surface area contributed by atoms with E-state index in [1.54, 1.807) is 54.5 Å². The van der Waals surface area contributed by atoms with E-state index in [2.05, 4.69) is 10.1 Å². The van der Waals surface area contributed by atoms with Crippen LogP contribution in [0.3, 0.4) is 0 Å². The Morgan fingerprint density at radius 1 is 1.50 bits per heavy atom. The number of amides is 1. The van der Waals surface area contributed by atoms with Gasteiger partial charge in [-0.05, 0) is 25.1 Å². The van der Waals surface area contributed by atoms with Crippen molar-refractivity contribution in [1.82, 2.24) is 19.7 Å². The fraction of sp³-hybridized carbons (Fsp3) is 0.357. The highest BCUT2D eigenvalue weighted by Gasteiger charge is 2.14. The largest absolute Gasteiger partial charge is 0.380 e. The van der Waals surface area contributed by atoms with Crippen LogP contribution in [-0.2, 0) is 4.74 Å². The molecule has 20 heavy (non-hydrogen) atoms. The number of hydrogen-bond acceptors (Lipinski definition) is 4. The molecule has 0 saturated carbocycles. The van der Waals surface area contributed by atoms with E-state index in [0.29, 0.717) is 17.9 Å². The normalized spacial score (nSPS) is 12.2. The molecule has 0 unspecified atom stereocenters. The Balaban J connectivity index is 2.08. The smallest absolute Gasteiger partial charge is 0.255 e. The molecule has 0 N–H and O–H groups in total. The first-order valence-corrected chi connectivity index (χ1v) is 6.36. The summed E-state index contributed by atoms with van der Waals surface area (Å²) in [5.41, 5.74) is 0.548. The molecule has 0 aliphatic rings. The third-order valence-electron chi connectivity index (χ3n) is 3.01. The molecule has 1 amide bonds. The number of methoxy groups -OCH3 is 1. The number of nitrogens with zero attached hydrogens (tertiary/aromatic N) is 4. The topological polar surface area (TPSA) is 60.2 Å². The third-order valence-corrected chi connectivity index (χ3v) is 3.01. The van der Waals surface area contributed by atoms with E-state index in [9.17, 15) is 4.79 Å². The maximum absolute atomic E-state index is 12.2. The Bertz CT molecular complexity index is 551. The van der Waals surface area contributed by atoms with Crippen LogP contribution >= 0.6 is 0 Å². The lowest BCUT2D eigenvalue weighted by Crippen LogP contribution is -2.33. The molecule has 0 aliphatic heterocycles. The van der Waals surface area contributed by atoms with Gasteiger partial charge in [0.15, 0.2) is 5.82 Å². The van der Waals surface area contributed by atoms with Gasteiger partial charge in [-0.3, -0.25) is 4.79 Å². The van der Waals surface area contributed by atoms with Gasteiger partial charge in [-0.25, -0.2) is 9.67 Å². The molecule has 2 rings (SSSR count). The Morgan fingerprint density at radius 3 is 2.85 bits per heavy atom.